The number of halogens is 1. The normalized spacial score (nSPS) is 22.8. The molecule has 1 saturated carbocycles. The van der Waals surface area contributed by atoms with Crippen LogP contribution in [0.2, 0.25) is 0 Å². The molecular weight excluding hydrogens is 300 g/mol. The molecule has 102 valence electrons. The molecule has 1 aromatic carbocycles. The fraction of sp³-hybridized carbons (Fsp3) is 0.562. The van der Waals surface area contributed by atoms with E-state index in [-0.39, 0.29) is 0 Å². The van der Waals surface area contributed by atoms with Crippen LogP contribution in [0, 0.1) is 23.2 Å². The van der Waals surface area contributed by atoms with Gasteiger partial charge in [0.05, 0.1) is 11.6 Å². The first-order valence-corrected chi connectivity index (χ1v) is 7.95. The van der Waals surface area contributed by atoms with E-state index in [2.05, 4.69) is 34.2 Å². The quantitative estimate of drug-likeness (QED) is 0.852. The highest BCUT2D eigenvalue weighted by Gasteiger charge is 2.19. The maximum Gasteiger partial charge on any atom is 0.0992 e. The van der Waals surface area contributed by atoms with E-state index in [1.165, 1.54) is 32.1 Å². The van der Waals surface area contributed by atoms with Gasteiger partial charge in [0.2, 0.25) is 0 Å². The third kappa shape index (κ3) is 4.24. The van der Waals surface area contributed by atoms with Gasteiger partial charge in [0, 0.05) is 16.7 Å². The van der Waals surface area contributed by atoms with Crippen LogP contribution in [0.5, 0.6) is 0 Å². The van der Waals surface area contributed by atoms with Crippen molar-refractivity contribution < 1.29 is 0 Å². The summed E-state index contributed by atoms with van der Waals surface area (Å²) in [5.74, 6) is 1.74. The lowest BCUT2D eigenvalue weighted by Crippen LogP contribution is -2.21. The molecule has 19 heavy (non-hydrogen) atoms. The van der Waals surface area contributed by atoms with Crippen molar-refractivity contribution in [2.75, 3.05) is 11.9 Å². The molecule has 0 bridgehead atoms. The highest BCUT2D eigenvalue weighted by atomic mass is 79.9. The van der Waals surface area contributed by atoms with E-state index in [1.54, 1.807) is 0 Å². The molecule has 2 nitrogen and oxygen atoms in total. The number of nitrogens with zero attached hydrogens (tertiary/aromatic N) is 1. The first kappa shape index (κ1) is 14.4. The third-order valence-corrected chi connectivity index (χ3v) is 4.62. The smallest absolute Gasteiger partial charge is 0.0992 e. The number of benzene rings is 1. The minimum absolute atomic E-state index is 0.701. The number of rotatable bonds is 4. The Bertz CT molecular complexity index is 456. The number of hydrogen-bond donors (Lipinski definition) is 1. The van der Waals surface area contributed by atoms with E-state index < -0.39 is 0 Å². The highest BCUT2D eigenvalue weighted by molar-refractivity contribution is 9.10. The molecule has 0 amide bonds. The Hall–Kier alpha value is -1.01. The summed E-state index contributed by atoms with van der Waals surface area (Å²) in [7, 11) is 0. The predicted octanol–water partition coefficient (Wildman–Crippen LogP) is 4.95. The molecule has 1 aromatic rings. The third-order valence-electron chi connectivity index (χ3n) is 4.17. The molecule has 0 radical (unpaired) electrons. The molecular formula is C16H21BrN2. The molecule has 0 atom stereocenters. The number of nitrogens with one attached hydrogen (secondary N) is 1. The molecule has 1 aliphatic carbocycles. The lowest BCUT2D eigenvalue weighted by Gasteiger charge is -2.28. The average Bonchev–Trinajstić information content (AvgIpc) is 2.45. The van der Waals surface area contributed by atoms with Gasteiger partial charge < -0.3 is 5.32 Å². The van der Waals surface area contributed by atoms with E-state index in [9.17, 15) is 0 Å². The van der Waals surface area contributed by atoms with Crippen molar-refractivity contribution in [1.29, 1.82) is 5.26 Å². The van der Waals surface area contributed by atoms with Gasteiger partial charge in [-0.25, -0.2) is 0 Å². The molecule has 0 aromatic heterocycles. The van der Waals surface area contributed by atoms with Crippen LogP contribution in [0.1, 0.15) is 44.6 Å². The molecule has 2 rings (SSSR count). The van der Waals surface area contributed by atoms with Crippen LogP contribution in [0.3, 0.4) is 0 Å². The Morgan fingerprint density at radius 1 is 1.21 bits per heavy atom. The van der Waals surface area contributed by atoms with E-state index >= 15 is 0 Å². The van der Waals surface area contributed by atoms with E-state index in [0.717, 1.165) is 28.5 Å². The fourth-order valence-electron chi connectivity index (χ4n) is 2.86. The maximum absolute atomic E-state index is 8.96. The molecule has 0 heterocycles. The standard InChI is InChI=1S/C16H21BrN2/c1-2-12-3-5-13(6-4-12)11-19-16-8-14(10-18)7-15(17)9-16/h7-9,12-13,19H,2-6,11H2,1H3. The molecule has 1 fully saturated rings. The van der Waals surface area contributed by atoms with E-state index in [0.29, 0.717) is 5.56 Å². The number of hydrogen-bond acceptors (Lipinski definition) is 2. The molecule has 0 spiro atoms. The van der Waals surface area contributed by atoms with Crippen LogP contribution in [-0.2, 0) is 0 Å². The zero-order chi connectivity index (χ0) is 13.7. The van der Waals surface area contributed by atoms with Crippen LogP contribution in [0.25, 0.3) is 0 Å². The van der Waals surface area contributed by atoms with Crippen molar-refractivity contribution in [1.82, 2.24) is 0 Å². The van der Waals surface area contributed by atoms with Crippen molar-refractivity contribution >= 4 is 21.6 Å². The van der Waals surface area contributed by atoms with Crippen LogP contribution in [0.15, 0.2) is 22.7 Å². The monoisotopic (exact) mass is 320 g/mol. The summed E-state index contributed by atoms with van der Waals surface area (Å²) in [5, 5.41) is 12.4. The van der Waals surface area contributed by atoms with Crippen LogP contribution in [0.4, 0.5) is 5.69 Å². The van der Waals surface area contributed by atoms with Crippen molar-refractivity contribution in [2.24, 2.45) is 11.8 Å². The van der Waals surface area contributed by atoms with Crippen LogP contribution < -0.4 is 5.32 Å². The van der Waals surface area contributed by atoms with Gasteiger partial charge in [0.1, 0.15) is 0 Å². The summed E-state index contributed by atoms with van der Waals surface area (Å²) < 4.78 is 0.962. The minimum Gasteiger partial charge on any atom is -0.385 e. The van der Waals surface area contributed by atoms with Crippen molar-refractivity contribution in [3.63, 3.8) is 0 Å². The molecule has 0 unspecified atom stereocenters. The Morgan fingerprint density at radius 2 is 1.89 bits per heavy atom. The lowest BCUT2D eigenvalue weighted by atomic mass is 9.81. The largest absolute Gasteiger partial charge is 0.385 e. The SMILES string of the molecule is CCC1CCC(CNc2cc(Br)cc(C#N)c2)CC1. The average molecular weight is 321 g/mol. The van der Waals surface area contributed by atoms with Gasteiger partial charge in [-0.1, -0.05) is 42.1 Å². The second kappa shape index (κ2) is 6.96. The van der Waals surface area contributed by atoms with Gasteiger partial charge in [-0.2, -0.15) is 5.26 Å². The molecule has 1 aliphatic rings. The summed E-state index contributed by atoms with van der Waals surface area (Å²) in [4.78, 5) is 0. The van der Waals surface area contributed by atoms with Gasteiger partial charge in [0.15, 0.2) is 0 Å². The van der Waals surface area contributed by atoms with E-state index in [1.807, 2.05) is 18.2 Å². The highest BCUT2D eigenvalue weighted by Crippen LogP contribution is 2.31. The molecule has 1 N–H and O–H groups in total. The predicted molar refractivity (Wildman–Crippen MR) is 83.1 cm³/mol. The summed E-state index contributed by atoms with van der Waals surface area (Å²) in [6.45, 7) is 3.33. The maximum atomic E-state index is 8.96. The fourth-order valence-corrected chi connectivity index (χ4v) is 3.36. The topological polar surface area (TPSA) is 35.8 Å². The number of nitriles is 1. The first-order chi connectivity index (χ1) is 9.21. The zero-order valence-electron chi connectivity index (χ0n) is 11.5. The summed E-state index contributed by atoms with van der Waals surface area (Å²) in [6, 6.07) is 7.99. The van der Waals surface area contributed by atoms with Crippen molar-refractivity contribution in [2.45, 2.75) is 39.0 Å². The number of anilines is 1. The van der Waals surface area contributed by atoms with Gasteiger partial charge in [0.25, 0.3) is 0 Å². The van der Waals surface area contributed by atoms with Gasteiger partial charge in [-0.05, 0) is 42.9 Å². The molecule has 3 heteroatoms. The molecule has 0 aliphatic heterocycles. The Labute approximate surface area is 124 Å². The van der Waals surface area contributed by atoms with Gasteiger partial charge in [-0.3, -0.25) is 0 Å². The first-order valence-electron chi connectivity index (χ1n) is 7.15. The second-order valence-corrected chi connectivity index (χ2v) is 6.43. The summed E-state index contributed by atoms with van der Waals surface area (Å²) in [5.41, 5.74) is 1.75. The van der Waals surface area contributed by atoms with Gasteiger partial charge in [-0.15, -0.1) is 0 Å². The Morgan fingerprint density at radius 3 is 2.53 bits per heavy atom. The van der Waals surface area contributed by atoms with Crippen molar-refractivity contribution in [3.8, 4) is 6.07 Å². The molecule has 0 saturated heterocycles. The Kier molecular flexibility index (Phi) is 5.27. The Balaban J connectivity index is 1.86. The minimum atomic E-state index is 0.701. The van der Waals surface area contributed by atoms with Crippen LogP contribution in [-0.4, -0.2) is 6.54 Å². The van der Waals surface area contributed by atoms with E-state index in [4.69, 9.17) is 5.26 Å². The lowest BCUT2D eigenvalue weighted by molar-refractivity contribution is 0.278. The summed E-state index contributed by atoms with van der Waals surface area (Å²) in [6.07, 6.45) is 6.77. The van der Waals surface area contributed by atoms with Gasteiger partial charge >= 0.3 is 0 Å². The second-order valence-electron chi connectivity index (χ2n) is 5.52. The van der Waals surface area contributed by atoms with Crippen LogP contribution >= 0.6 is 15.9 Å². The summed E-state index contributed by atoms with van der Waals surface area (Å²) >= 11 is 3.45. The van der Waals surface area contributed by atoms with Crippen molar-refractivity contribution in [3.05, 3.63) is 28.2 Å². The zero-order valence-corrected chi connectivity index (χ0v) is 13.0.